The van der Waals surface area contributed by atoms with Gasteiger partial charge in [-0.3, -0.25) is 4.98 Å². The minimum atomic E-state index is 0.401. The Labute approximate surface area is 110 Å². The fourth-order valence-corrected chi connectivity index (χ4v) is 1.71. The van der Waals surface area contributed by atoms with E-state index in [9.17, 15) is 0 Å². The molecule has 0 atom stereocenters. The van der Waals surface area contributed by atoms with E-state index >= 15 is 0 Å². The SMILES string of the molecule is Cc1cnc(-c2nc(Cc3ccccc3)no2)cn1. The lowest BCUT2D eigenvalue weighted by molar-refractivity contribution is 0.422. The minimum absolute atomic E-state index is 0.401. The fourth-order valence-electron chi connectivity index (χ4n) is 1.71. The van der Waals surface area contributed by atoms with Gasteiger partial charge in [-0.15, -0.1) is 0 Å². The second kappa shape index (κ2) is 4.97. The molecule has 5 nitrogen and oxygen atoms in total. The maximum absolute atomic E-state index is 5.20. The summed E-state index contributed by atoms with van der Waals surface area (Å²) in [5.74, 6) is 1.04. The maximum Gasteiger partial charge on any atom is 0.278 e. The summed E-state index contributed by atoms with van der Waals surface area (Å²) in [7, 11) is 0. The second-order valence-corrected chi connectivity index (χ2v) is 4.22. The lowest BCUT2D eigenvalue weighted by atomic mass is 10.1. The summed E-state index contributed by atoms with van der Waals surface area (Å²) in [5, 5.41) is 3.96. The van der Waals surface area contributed by atoms with Crippen LogP contribution < -0.4 is 0 Å². The van der Waals surface area contributed by atoms with Crippen LogP contribution in [0, 0.1) is 6.92 Å². The molecule has 0 aliphatic carbocycles. The van der Waals surface area contributed by atoms with Gasteiger partial charge in [0.2, 0.25) is 0 Å². The first-order valence-corrected chi connectivity index (χ1v) is 5.97. The molecule has 0 unspecified atom stereocenters. The molecule has 1 aromatic carbocycles. The van der Waals surface area contributed by atoms with Crippen molar-refractivity contribution in [2.45, 2.75) is 13.3 Å². The quantitative estimate of drug-likeness (QED) is 0.716. The molecule has 19 heavy (non-hydrogen) atoms. The third-order valence-electron chi connectivity index (χ3n) is 2.67. The zero-order chi connectivity index (χ0) is 13.1. The molecule has 3 aromatic rings. The molecular weight excluding hydrogens is 240 g/mol. The Bertz CT molecular complexity index is 661. The smallest absolute Gasteiger partial charge is 0.278 e. The zero-order valence-corrected chi connectivity index (χ0v) is 10.4. The van der Waals surface area contributed by atoms with Gasteiger partial charge in [-0.2, -0.15) is 4.98 Å². The standard InChI is InChI=1S/C14H12N4O/c1-10-8-16-12(9-15-10)14-17-13(18-19-14)7-11-5-3-2-4-6-11/h2-6,8-9H,7H2,1H3. The first kappa shape index (κ1) is 11.5. The molecular formula is C14H12N4O. The van der Waals surface area contributed by atoms with Crippen LogP contribution in [0.3, 0.4) is 0 Å². The Kier molecular flexibility index (Phi) is 3.02. The van der Waals surface area contributed by atoms with Crippen LogP contribution in [0.4, 0.5) is 0 Å². The van der Waals surface area contributed by atoms with Crippen LogP contribution in [0.2, 0.25) is 0 Å². The number of benzene rings is 1. The van der Waals surface area contributed by atoms with Crippen LogP contribution in [0.5, 0.6) is 0 Å². The van der Waals surface area contributed by atoms with Crippen molar-refractivity contribution in [2.75, 3.05) is 0 Å². The van der Waals surface area contributed by atoms with E-state index in [0.717, 1.165) is 11.3 Å². The van der Waals surface area contributed by atoms with Gasteiger partial charge in [0.1, 0.15) is 5.69 Å². The summed E-state index contributed by atoms with van der Waals surface area (Å²) in [6, 6.07) is 10.0. The summed E-state index contributed by atoms with van der Waals surface area (Å²) in [6.45, 7) is 1.88. The maximum atomic E-state index is 5.20. The Morgan fingerprint density at radius 1 is 1.05 bits per heavy atom. The highest BCUT2D eigenvalue weighted by molar-refractivity contribution is 5.44. The highest BCUT2D eigenvalue weighted by Crippen LogP contribution is 2.14. The van der Waals surface area contributed by atoms with E-state index in [1.54, 1.807) is 12.4 Å². The highest BCUT2D eigenvalue weighted by Gasteiger charge is 2.10. The van der Waals surface area contributed by atoms with Crippen molar-refractivity contribution < 1.29 is 4.52 Å². The van der Waals surface area contributed by atoms with Crippen LogP contribution in [-0.4, -0.2) is 20.1 Å². The molecule has 94 valence electrons. The Morgan fingerprint density at radius 2 is 1.89 bits per heavy atom. The van der Waals surface area contributed by atoms with Crippen molar-refractivity contribution >= 4 is 0 Å². The fraction of sp³-hybridized carbons (Fsp3) is 0.143. The predicted octanol–water partition coefficient (Wildman–Crippen LogP) is 2.43. The van der Waals surface area contributed by atoms with Crippen molar-refractivity contribution in [1.29, 1.82) is 0 Å². The van der Waals surface area contributed by atoms with Gasteiger partial charge in [-0.05, 0) is 12.5 Å². The normalized spacial score (nSPS) is 10.6. The molecule has 3 rings (SSSR count). The Morgan fingerprint density at radius 3 is 2.63 bits per heavy atom. The van der Waals surface area contributed by atoms with Crippen molar-refractivity contribution in [3.05, 3.63) is 59.8 Å². The van der Waals surface area contributed by atoms with Gasteiger partial charge in [0.15, 0.2) is 5.82 Å². The van der Waals surface area contributed by atoms with E-state index in [1.807, 2.05) is 37.3 Å². The molecule has 2 aromatic heterocycles. The lowest BCUT2D eigenvalue weighted by Crippen LogP contribution is -1.91. The molecule has 2 heterocycles. The first-order chi connectivity index (χ1) is 9.31. The largest absolute Gasteiger partial charge is 0.332 e. The monoisotopic (exact) mass is 252 g/mol. The van der Waals surface area contributed by atoms with Crippen molar-refractivity contribution in [2.24, 2.45) is 0 Å². The molecule has 0 N–H and O–H groups in total. The van der Waals surface area contributed by atoms with Crippen LogP contribution in [0.15, 0.2) is 47.2 Å². The highest BCUT2D eigenvalue weighted by atomic mass is 16.5. The average Bonchev–Trinajstić information content (AvgIpc) is 2.89. The molecule has 0 bridgehead atoms. The van der Waals surface area contributed by atoms with Crippen molar-refractivity contribution in [3.8, 4) is 11.6 Å². The summed E-state index contributed by atoms with van der Waals surface area (Å²) in [6.07, 6.45) is 3.95. The number of rotatable bonds is 3. The molecule has 0 saturated heterocycles. The Hall–Kier alpha value is -2.56. The third-order valence-corrected chi connectivity index (χ3v) is 2.67. The third kappa shape index (κ3) is 2.65. The predicted molar refractivity (Wildman–Crippen MR) is 69.3 cm³/mol. The summed E-state index contributed by atoms with van der Waals surface area (Å²) >= 11 is 0. The van der Waals surface area contributed by atoms with Crippen molar-refractivity contribution in [3.63, 3.8) is 0 Å². The van der Waals surface area contributed by atoms with Gasteiger partial charge in [0, 0.05) is 12.6 Å². The van der Waals surface area contributed by atoms with Gasteiger partial charge < -0.3 is 4.52 Å². The summed E-state index contributed by atoms with van der Waals surface area (Å²) in [4.78, 5) is 12.7. The van der Waals surface area contributed by atoms with Gasteiger partial charge in [-0.25, -0.2) is 4.98 Å². The second-order valence-electron chi connectivity index (χ2n) is 4.22. The van der Waals surface area contributed by atoms with Crippen LogP contribution in [0.25, 0.3) is 11.6 Å². The van der Waals surface area contributed by atoms with Gasteiger partial charge in [0.25, 0.3) is 5.89 Å². The van der Waals surface area contributed by atoms with E-state index in [2.05, 4.69) is 20.1 Å². The number of aromatic nitrogens is 4. The van der Waals surface area contributed by atoms with E-state index < -0.39 is 0 Å². The van der Waals surface area contributed by atoms with Gasteiger partial charge in [0.05, 0.1) is 11.9 Å². The van der Waals surface area contributed by atoms with E-state index in [1.165, 1.54) is 0 Å². The number of hydrogen-bond acceptors (Lipinski definition) is 5. The van der Waals surface area contributed by atoms with Crippen molar-refractivity contribution in [1.82, 2.24) is 20.1 Å². The molecule has 0 fully saturated rings. The molecule has 0 aliphatic rings. The van der Waals surface area contributed by atoms with Crippen LogP contribution in [-0.2, 0) is 6.42 Å². The number of aryl methyl sites for hydroxylation is 1. The molecule has 0 amide bonds. The lowest BCUT2D eigenvalue weighted by Gasteiger charge is -1.94. The number of hydrogen-bond donors (Lipinski definition) is 0. The zero-order valence-electron chi connectivity index (χ0n) is 10.4. The molecule has 0 saturated carbocycles. The van der Waals surface area contributed by atoms with Gasteiger partial charge in [-0.1, -0.05) is 35.5 Å². The van der Waals surface area contributed by atoms with Crippen LogP contribution >= 0.6 is 0 Å². The number of nitrogens with zero attached hydrogens (tertiary/aromatic N) is 4. The van der Waals surface area contributed by atoms with E-state index in [0.29, 0.717) is 23.8 Å². The summed E-state index contributed by atoms with van der Waals surface area (Å²) < 4.78 is 5.20. The van der Waals surface area contributed by atoms with Crippen LogP contribution in [0.1, 0.15) is 17.1 Å². The van der Waals surface area contributed by atoms with E-state index in [4.69, 9.17) is 4.52 Å². The van der Waals surface area contributed by atoms with E-state index in [-0.39, 0.29) is 0 Å². The molecule has 5 heteroatoms. The topological polar surface area (TPSA) is 64.7 Å². The average molecular weight is 252 g/mol. The minimum Gasteiger partial charge on any atom is -0.332 e. The molecule has 0 aliphatic heterocycles. The first-order valence-electron chi connectivity index (χ1n) is 5.97. The molecule has 0 radical (unpaired) electrons. The van der Waals surface area contributed by atoms with Gasteiger partial charge >= 0.3 is 0 Å². The Balaban J connectivity index is 1.82. The molecule has 0 spiro atoms. The summed E-state index contributed by atoms with van der Waals surface area (Å²) in [5.41, 5.74) is 2.59.